The summed E-state index contributed by atoms with van der Waals surface area (Å²) in [4.78, 5) is 20.7. The summed E-state index contributed by atoms with van der Waals surface area (Å²) in [6.45, 7) is 3.22. The molecular weight excluding hydrogens is 247 g/mol. The Labute approximate surface area is 100 Å². The van der Waals surface area contributed by atoms with Gasteiger partial charge in [0.05, 0.1) is 26.2 Å². The third-order valence-corrected chi connectivity index (χ3v) is 3.04. The molecule has 8 heteroatoms. The highest BCUT2D eigenvalue weighted by atomic mass is 31.2. The number of rotatable bonds is 7. The van der Waals surface area contributed by atoms with Gasteiger partial charge in [0.25, 0.3) is 0 Å². The van der Waals surface area contributed by atoms with Crippen LogP contribution in [0, 0.1) is 17.2 Å². The molecule has 0 fully saturated rings. The van der Waals surface area contributed by atoms with Gasteiger partial charge in [-0.2, -0.15) is 5.26 Å². The summed E-state index contributed by atoms with van der Waals surface area (Å²) in [7, 11) is -2.91. The van der Waals surface area contributed by atoms with Crippen molar-refractivity contribution in [3.63, 3.8) is 0 Å². The molecule has 2 N–H and O–H groups in total. The molecule has 0 rings (SSSR count). The summed E-state index contributed by atoms with van der Waals surface area (Å²) in [5.74, 6) is -0.874. The van der Waals surface area contributed by atoms with Crippen molar-refractivity contribution in [1.82, 2.24) is 5.09 Å². The van der Waals surface area contributed by atoms with Crippen LogP contribution in [0.25, 0.3) is 0 Å². The van der Waals surface area contributed by atoms with Gasteiger partial charge in [-0.3, -0.25) is 9.32 Å². The topological polar surface area (TPSA) is 109 Å². The molecule has 1 unspecified atom stereocenters. The Bertz CT molecular complexity index is 339. The van der Waals surface area contributed by atoms with E-state index in [1.54, 1.807) is 19.9 Å². The van der Waals surface area contributed by atoms with Gasteiger partial charge in [0.15, 0.2) is 0 Å². The van der Waals surface area contributed by atoms with Crippen LogP contribution >= 0.6 is 7.75 Å². The quantitative estimate of drug-likeness (QED) is 0.397. The van der Waals surface area contributed by atoms with Crippen LogP contribution in [-0.4, -0.2) is 30.6 Å². The molecule has 0 aromatic carbocycles. The van der Waals surface area contributed by atoms with E-state index in [4.69, 9.17) is 5.26 Å². The number of ether oxygens (including phenoxy) is 1. The van der Waals surface area contributed by atoms with Crippen molar-refractivity contribution >= 4 is 13.7 Å². The van der Waals surface area contributed by atoms with Crippen molar-refractivity contribution in [2.24, 2.45) is 5.92 Å². The molecule has 0 saturated carbocycles. The summed E-state index contributed by atoms with van der Waals surface area (Å²) < 4.78 is 20.6. The summed E-state index contributed by atoms with van der Waals surface area (Å²) in [5, 5.41) is 10.5. The fraction of sp³-hybridized carbons (Fsp3) is 0.778. The van der Waals surface area contributed by atoms with Crippen molar-refractivity contribution < 1.29 is 23.5 Å². The zero-order valence-electron chi connectivity index (χ0n) is 10.0. The first-order valence-corrected chi connectivity index (χ1v) is 6.61. The molecule has 0 amide bonds. The molecule has 0 radical (unpaired) electrons. The Balaban J connectivity index is 4.48. The van der Waals surface area contributed by atoms with Gasteiger partial charge in [-0.15, -0.1) is 0 Å². The van der Waals surface area contributed by atoms with Crippen LogP contribution in [0.3, 0.4) is 0 Å². The first kappa shape index (κ1) is 16.1. The molecule has 2 atom stereocenters. The third kappa shape index (κ3) is 6.39. The van der Waals surface area contributed by atoms with Gasteiger partial charge in [0, 0.05) is 0 Å². The second kappa shape index (κ2) is 7.41. The van der Waals surface area contributed by atoms with E-state index in [2.05, 4.69) is 14.3 Å². The number of esters is 1. The molecule has 0 aliphatic heterocycles. The Morgan fingerprint density at radius 1 is 1.59 bits per heavy atom. The van der Waals surface area contributed by atoms with Crippen molar-refractivity contribution in [1.29, 1.82) is 5.26 Å². The van der Waals surface area contributed by atoms with Crippen LogP contribution in [-0.2, 0) is 18.6 Å². The predicted molar refractivity (Wildman–Crippen MR) is 59.8 cm³/mol. The smallest absolute Gasteiger partial charge is 0.403 e. The van der Waals surface area contributed by atoms with Gasteiger partial charge >= 0.3 is 13.7 Å². The van der Waals surface area contributed by atoms with Gasteiger partial charge in [-0.25, -0.2) is 9.65 Å². The van der Waals surface area contributed by atoms with Crippen molar-refractivity contribution in [2.45, 2.75) is 26.3 Å². The van der Waals surface area contributed by atoms with E-state index in [1.165, 1.54) is 7.11 Å². The molecule has 7 nitrogen and oxygen atoms in total. The molecule has 0 aromatic rings. The van der Waals surface area contributed by atoms with Gasteiger partial charge in [-0.1, -0.05) is 13.8 Å². The predicted octanol–water partition coefficient (Wildman–Crippen LogP) is 0.804. The summed E-state index contributed by atoms with van der Waals surface area (Å²) in [6.07, 6.45) is -0.00318. The zero-order chi connectivity index (χ0) is 13.5. The molecule has 0 aliphatic rings. The Morgan fingerprint density at radius 3 is 2.59 bits per heavy atom. The SMILES string of the molecule is COC(=O)[C@@H](NP(=O)(O)OCCC#N)C(C)C. The number of methoxy groups -OCH3 is 1. The van der Waals surface area contributed by atoms with Crippen LogP contribution in [0.15, 0.2) is 0 Å². The molecule has 0 saturated heterocycles. The van der Waals surface area contributed by atoms with Gasteiger partial charge in [0.2, 0.25) is 0 Å². The number of nitrogens with zero attached hydrogens (tertiary/aromatic N) is 1. The number of carbonyl (C=O) groups is 1. The number of nitriles is 1. The summed E-state index contributed by atoms with van der Waals surface area (Å²) >= 11 is 0. The minimum Gasteiger partial charge on any atom is -0.468 e. The maximum atomic E-state index is 11.5. The highest BCUT2D eigenvalue weighted by molar-refractivity contribution is 7.50. The summed E-state index contributed by atoms with van der Waals surface area (Å²) in [6, 6.07) is 0.841. The monoisotopic (exact) mass is 264 g/mol. The molecule has 0 heterocycles. The molecule has 98 valence electrons. The molecule has 0 aromatic heterocycles. The molecular formula is C9H17N2O5P. The van der Waals surface area contributed by atoms with Crippen molar-refractivity contribution in [3.8, 4) is 6.07 Å². The lowest BCUT2D eigenvalue weighted by Crippen LogP contribution is -2.40. The molecule has 0 spiro atoms. The number of carbonyl (C=O) groups excluding carboxylic acids is 1. The minimum absolute atomic E-state index is 0.00318. The van der Waals surface area contributed by atoms with E-state index in [0.717, 1.165) is 0 Å². The first-order chi connectivity index (χ1) is 7.84. The van der Waals surface area contributed by atoms with Gasteiger partial charge in [0.1, 0.15) is 6.04 Å². The van der Waals surface area contributed by atoms with E-state index in [1.807, 2.05) is 0 Å². The van der Waals surface area contributed by atoms with E-state index < -0.39 is 19.8 Å². The average molecular weight is 264 g/mol. The summed E-state index contributed by atoms with van der Waals surface area (Å²) in [5.41, 5.74) is 0. The van der Waals surface area contributed by atoms with Gasteiger partial charge in [-0.05, 0) is 5.92 Å². The minimum atomic E-state index is -4.10. The van der Waals surface area contributed by atoms with Crippen molar-refractivity contribution in [2.75, 3.05) is 13.7 Å². The second-order valence-electron chi connectivity index (χ2n) is 3.64. The zero-order valence-corrected chi connectivity index (χ0v) is 10.9. The van der Waals surface area contributed by atoms with Crippen LogP contribution in [0.2, 0.25) is 0 Å². The Kier molecular flexibility index (Phi) is 7.00. The highest BCUT2D eigenvalue weighted by Gasteiger charge is 2.31. The maximum absolute atomic E-state index is 11.5. The average Bonchev–Trinajstić information content (AvgIpc) is 2.25. The maximum Gasteiger partial charge on any atom is 0.403 e. The number of hydrogen-bond acceptors (Lipinski definition) is 5. The van der Waals surface area contributed by atoms with Gasteiger partial charge < -0.3 is 9.63 Å². The van der Waals surface area contributed by atoms with Crippen LogP contribution in [0.5, 0.6) is 0 Å². The molecule has 0 aliphatic carbocycles. The fourth-order valence-electron chi connectivity index (χ4n) is 1.03. The normalized spacial score (nSPS) is 16.0. The Hall–Kier alpha value is -0.930. The first-order valence-electron chi connectivity index (χ1n) is 5.04. The lowest BCUT2D eigenvalue weighted by atomic mass is 10.1. The lowest BCUT2D eigenvalue weighted by Gasteiger charge is -2.22. The van der Waals surface area contributed by atoms with Crippen LogP contribution in [0.4, 0.5) is 0 Å². The molecule has 17 heavy (non-hydrogen) atoms. The largest absolute Gasteiger partial charge is 0.468 e. The number of hydrogen-bond donors (Lipinski definition) is 2. The number of nitrogens with one attached hydrogen (secondary N) is 1. The molecule has 0 bridgehead atoms. The van der Waals surface area contributed by atoms with Crippen LogP contribution < -0.4 is 5.09 Å². The Morgan fingerprint density at radius 2 is 2.18 bits per heavy atom. The highest BCUT2D eigenvalue weighted by Crippen LogP contribution is 2.38. The van der Waals surface area contributed by atoms with Crippen molar-refractivity contribution in [3.05, 3.63) is 0 Å². The van der Waals surface area contributed by atoms with Crippen LogP contribution in [0.1, 0.15) is 20.3 Å². The lowest BCUT2D eigenvalue weighted by molar-refractivity contribution is -0.143. The van der Waals surface area contributed by atoms with E-state index in [-0.39, 0.29) is 18.9 Å². The van der Waals surface area contributed by atoms with E-state index in [9.17, 15) is 14.3 Å². The van der Waals surface area contributed by atoms with E-state index >= 15 is 0 Å². The van der Waals surface area contributed by atoms with E-state index in [0.29, 0.717) is 0 Å². The standard InChI is InChI=1S/C9H17N2O5P/c1-7(2)8(9(12)15-3)11-17(13,14)16-6-4-5-10/h7-8H,4,6H2,1-3H3,(H2,11,13,14)/t8-/m0/s1. The third-order valence-electron chi connectivity index (χ3n) is 1.90. The fourth-order valence-corrected chi connectivity index (χ4v) is 2.20. The second-order valence-corrected chi connectivity index (χ2v) is 5.19.